The molecule has 15 heavy (non-hydrogen) atoms. The summed E-state index contributed by atoms with van der Waals surface area (Å²) in [4.78, 5) is 1.43. The van der Waals surface area contributed by atoms with Crippen molar-refractivity contribution >= 4 is 11.3 Å². The zero-order valence-electron chi connectivity index (χ0n) is 9.45. The van der Waals surface area contributed by atoms with E-state index in [-0.39, 0.29) is 0 Å². The molecule has 0 N–H and O–H groups in total. The molecule has 78 valence electrons. The second-order valence-electron chi connectivity index (χ2n) is 3.98. The van der Waals surface area contributed by atoms with E-state index in [0.717, 1.165) is 6.42 Å². The number of pyridine rings is 1. The van der Waals surface area contributed by atoms with Gasteiger partial charge in [0.05, 0.1) is 6.42 Å². The second kappa shape index (κ2) is 4.15. The fourth-order valence-electron chi connectivity index (χ4n) is 1.82. The summed E-state index contributed by atoms with van der Waals surface area (Å²) in [5.41, 5.74) is 4.05. The van der Waals surface area contributed by atoms with Gasteiger partial charge in [-0.25, -0.2) is 4.57 Å². The maximum absolute atomic E-state index is 2.27. The number of aromatic nitrogens is 1. The number of hydrogen-bond acceptors (Lipinski definition) is 1. The maximum Gasteiger partial charge on any atom is 0.186 e. The van der Waals surface area contributed by atoms with Gasteiger partial charge in [-0.05, 0) is 23.9 Å². The summed E-state index contributed by atoms with van der Waals surface area (Å²) < 4.78 is 2.27. The summed E-state index contributed by atoms with van der Waals surface area (Å²) in [5.74, 6) is 0. The lowest BCUT2D eigenvalue weighted by molar-refractivity contribution is -0.684. The Morgan fingerprint density at radius 3 is 2.73 bits per heavy atom. The fraction of sp³-hybridized carbons (Fsp3) is 0.308. The normalized spacial score (nSPS) is 10.6. The van der Waals surface area contributed by atoms with Gasteiger partial charge in [-0.3, -0.25) is 0 Å². The first kappa shape index (κ1) is 10.4. The number of thiophene rings is 1. The molecule has 0 spiro atoms. The Hall–Kier alpha value is -1.15. The Labute approximate surface area is 95.0 Å². The number of rotatable bonds is 2. The molecule has 0 bridgehead atoms. The fourth-order valence-corrected chi connectivity index (χ4v) is 2.54. The Morgan fingerprint density at radius 1 is 1.27 bits per heavy atom. The van der Waals surface area contributed by atoms with Crippen LogP contribution in [0.15, 0.2) is 29.6 Å². The van der Waals surface area contributed by atoms with E-state index in [1.54, 1.807) is 0 Å². The zero-order valence-corrected chi connectivity index (χ0v) is 10.3. The highest BCUT2D eigenvalue weighted by Gasteiger charge is 2.11. The predicted octanol–water partition coefficient (Wildman–Crippen LogP) is 2.78. The molecule has 2 aromatic heterocycles. The summed E-state index contributed by atoms with van der Waals surface area (Å²) in [6.45, 7) is 4.32. The van der Waals surface area contributed by atoms with E-state index in [4.69, 9.17) is 0 Å². The van der Waals surface area contributed by atoms with Crippen LogP contribution in [-0.2, 0) is 13.5 Å². The van der Waals surface area contributed by atoms with Crippen molar-refractivity contribution in [2.75, 3.05) is 0 Å². The minimum Gasteiger partial charge on any atom is -0.202 e. The van der Waals surface area contributed by atoms with E-state index in [9.17, 15) is 0 Å². The molecule has 0 aliphatic carbocycles. The highest BCUT2D eigenvalue weighted by molar-refractivity contribution is 7.09. The summed E-state index contributed by atoms with van der Waals surface area (Å²) in [5, 5.41) is 2.14. The average Bonchev–Trinajstić information content (AvgIpc) is 2.66. The molecule has 2 aromatic rings. The number of aryl methyl sites for hydroxylation is 2. The number of nitrogens with zero attached hydrogens (tertiary/aromatic N) is 1. The van der Waals surface area contributed by atoms with Gasteiger partial charge in [-0.1, -0.05) is 6.07 Å². The molecule has 2 heterocycles. The zero-order chi connectivity index (χ0) is 10.8. The maximum atomic E-state index is 2.27. The Balaban J connectivity index is 2.36. The standard InChI is InChI=1S/C13H16NS/c1-10-7-11(2)14(3)12(8-10)9-13-5-4-6-15-13/h4-8H,9H2,1-3H3/q+1. The van der Waals surface area contributed by atoms with Gasteiger partial charge in [-0.2, -0.15) is 0 Å². The minimum atomic E-state index is 1.04. The SMILES string of the molecule is Cc1cc(C)[n+](C)c(Cc2cccs2)c1. The van der Waals surface area contributed by atoms with E-state index in [1.807, 2.05) is 11.3 Å². The molecule has 0 fully saturated rings. The number of hydrogen-bond donors (Lipinski definition) is 0. The van der Waals surface area contributed by atoms with E-state index >= 15 is 0 Å². The van der Waals surface area contributed by atoms with Crippen molar-refractivity contribution in [1.82, 2.24) is 0 Å². The molecule has 0 saturated heterocycles. The third-order valence-corrected chi connectivity index (χ3v) is 3.60. The van der Waals surface area contributed by atoms with Crippen LogP contribution < -0.4 is 4.57 Å². The molecule has 2 heteroatoms. The van der Waals surface area contributed by atoms with Gasteiger partial charge in [0.2, 0.25) is 0 Å². The van der Waals surface area contributed by atoms with Gasteiger partial charge < -0.3 is 0 Å². The lowest BCUT2D eigenvalue weighted by atomic mass is 10.1. The molecule has 0 aliphatic heterocycles. The molecule has 2 rings (SSSR count). The van der Waals surface area contributed by atoms with Crippen molar-refractivity contribution in [3.8, 4) is 0 Å². The minimum absolute atomic E-state index is 1.04. The molecule has 1 nitrogen and oxygen atoms in total. The molecule has 0 atom stereocenters. The average molecular weight is 218 g/mol. The summed E-state index contributed by atoms with van der Waals surface area (Å²) >= 11 is 1.82. The van der Waals surface area contributed by atoms with E-state index in [2.05, 4.69) is 55.1 Å². The molecule has 0 amide bonds. The van der Waals surface area contributed by atoms with Crippen LogP contribution in [0.1, 0.15) is 21.8 Å². The van der Waals surface area contributed by atoms with Crippen molar-refractivity contribution in [3.63, 3.8) is 0 Å². The van der Waals surface area contributed by atoms with Crippen LogP contribution in [0.4, 0.5) is 0 Å². The van der Waals surface area contributed by atoms with E-state index < -0.39 is 0 Å². The van der Waals surface area contributed by atoms with Crippen LogP contribution in [0, 0.1) is 13.8 Å². The molecule has 0 aliphatic rings. The van der Waals surface area contributed by atoms with Crippen LogP contribution >= 0.6 is 11.3 Å². The molecular formula is C13H16NS+. The Morgan fingerprint density at radius 2 is 2.07 bits per heavy atom. The first-order chi connectivity index (χ1) is 7.16. The van der Waals surface area contributed by atoms with Crippen LogP contribution in [0.25, 0.3) is 0 Å². The third-order valence-electron chi connectivity index (χ3n) is 2.73. The quantitative estimate of drug-likeness (QED) is 0.682. The van der Waals surface area contributed by atoms with Gasteiger partial charge in [0, 0.05) is 23.9 Å². The van der Waals surface area contributed by atoms with Crippen LogP contribution in [0.5, 0.6) is 0 Å². The van der Waals surface area contributed by atoms with Crippen LogP contribution in [-0.4, -0.2) is 0 Å². The third kappa shape index (κ3) is 2.26. The monoisotopic (exact) mass is 218 g/mol. The van der Waals surface area contributed by atoms with Gasteiger partial charge in [0.25, 0.3) is 0 Å². The van der Waals surface area contributed by atoms with Crippen LogP contribution in [0.2, 0.25) is 0 Å². The Kier molecular flexibility index (Phi) is 2.87. The molecule has 0 unspecified atom stereocenters. The van der Waals surface area contributed by atoms with Crippen molar-refractivity contribution in [2.24, 2.45) is 7.05 Å². The highest BCUT2D eigenvalue weighted by Crippen LogP contribution is 2.13. The largest absolute Gasteiger partial charge is 0.202 e. The molecule has 0 radical (unpaired) electrons. The predicted molar refractivity (Wildman–Crippen MR) is 64.2 cm³/mol. The lowest BCUT2D eigenvalue weighted by Crippen LogP contribution is -2.37. The molecule has 0 saturated carbocycles. The lowest BCUT2D eigenvalue weighted by Gasteiger charge is -2.03. The van der Waals surface area contributed by atoms with Crippen LogP contribution in [0.3, 0.4) is 0 Å². The van der Waals surface area contributed by atoms with Crippen molar-refractivity contribution in [1.29, 1.82) is 0 Å². The topological polar surface area (TPSA) is 3.88 Å². The van der Waals surface area contributed by atoms with Gasteiger partial charge in [-0.15, -0.1) is 11.3 Å². The highest BCUT2D eigenvalue weighted by atomic mass is 32.1. The molecular weight excluding hydrogens is 202 g/mol. The Bertz CT molecular complexity index is 458. The van der Waals surface area contributed by atoms with Gasteiger partial charge >= 0.3 is 0 Å². The first-order valence-electron chi connectivity index (χ1n) is 5.15. The molecule has 0 aromatic carbocycles. The van der Waals surface area contributed by atoms with Gasteiger partial charge in [0.1, 0.15) is 7.05 Å². The van der Waals surface area contributed by atoms with E-state index in [0.29, 0.717) is 0 Å². The summed E-state index contributed by atoms with van der Waals surface area (Å²) in [7, 11) is 2.14. The summed E-state index contributed by atoms with van der Waals surface area (Å²) in [6.07, 6.45) is 1.04. The van der Waals surface area contributed by atoms with E-state index in [1.165, 1.54) is 21.8 Å². The second-order valence-corrected chi connectivity index (χ2v) is 5.01. The van der Waals surface area contributed by atoms with Crippen molar-refractivity contribution in [2.45, 2.75) is 20.3 Å². The van der Waals surface area contributed by atoms with Crippen molar-refractivity contribution in [3.05, 3.63) is 51.5 Å². The first-order valence-corrected chi connectivity index (χ1v) is 6.03. The summed E-state index contributed by atoms with van der Waals surface area (Å²) in [6, 6.07) is 8.80. The van der Waals surface area contributed by atoms with Crippen molar-refractivity contribution < 1.29 is 4.57 Å². The smallest absolute Gasteiger partial charge is 0.186 e. The van der Waals surface area contributed by atoms with Gasteiger partial charge in [0.15, 0.2) is 11.4 Å².